The SMILES string of the molecule is Cc1c(C)[c-](C)c2c1[n+](C)c(Cl)n2C.Cc1c(C)c(C)[c-](C)c1C.O=S(=O)([O-])C(F)(F)F.[Ru+2]. The van der Waals surface area contributed by atoms with Crippen molar-refractivity contribution in [2.75, 3.05) is 0 Å². The molecule has 2 aromatic carbocycles. The van der Waals surface area contributed by atoms with Crippen molar-refractivity contribution in [1.82, 2.24) is 4.57 Å². The fraction of sp³-hybridized carbons (Fsp3) is 0.500. The van der Waals surface area contributed by atoms with Crippen LogP contribution in [-0.4, -0.2) is 23.0 Å². The number of halogens is 4. The van der Waals surface area contributed by atoms with Crippen molar-refractivity contribution < 1.29 is 50.2 Å². The minimum Gasteiger partial charge on any atom is -0.741 e. The van der Waals surface area contributed by atoms with Gasteiger partial charge in [-0.2, -0.15) is 46.6 Å². The molecule has 0 unspecified atom stereocenters. The van der Waals surface area contributed by atoms with E-state index < -0.39 is 15.6 Å². The van der Waals surface area contributed by atoms with Crippen molar-refractivity contribution in [2.24, 2.45) is 14.1 Å². The molecule has 0 saturated heterocycles. The van der Waals surface area contributed by atoms with E-state index >= 15 is 0 Å². The minimum absolute atomic E-state index is 0. The van der Waals surface area contributed by atoms with Crippen LogP contribution in [0.4, 0.5) is 13.2 Å². The Hall–Kier alpha value is -1.22. The van der Waals surface area contributed by atoms with E-state index in [9.17, 15) is 13.2 Å². The largest absolute Gasteiger partial charge is 2.00 e. The summed E-state index contributed by atoms with van der Waals surface area (Å²) in [5.41, 5.74) is 8.25. The van der Waals surface area contributed by atoms with Crippen LogP contribution < -0.4 is 4.57 Å². The van der Waals surface area contributed by atoms with Crippen molar-refractivity contribution in [1.29, 1.82) is 0 Å². The van der Waals surface area contributed by atoms with E-state index in [2.05, 4.69) is 55.4 Å². The van der Waals surface area contributed by atoms with Crippen LogP contribution >= 0.6 is 11.6 Å². The van der Waals surface area contributed by atoms with E-state index in [0.717, 1.165) is 5.28 Å². The zero-order valence-electron chi connectivity index (χ0n) is 20.4. The summed E-state index contributed by atoms with van der Waals surface area (Å²) in [6.07, 6.45) is 0. The number of hydrogen-bond donors (Lipinski definition) is 0. The molecule has 0 radical (unpaired) electrons. The number of aromatic nitrogens is 2. The molecule has 0 aliphatic rings. The van der Waals surface area contributed by atoms with Gasteiger partial charge in [-0.25, -0.2) is 13.0 Å². The van der Waals surface area contributed by atoms with Gasteiger partial charge in [-0.15, -0.1) is 11.1 Å². The van der Waals surface area contributed by atoms with Gasteiger partial charge in [-0.1, -0.05) is 55.4 Å². The van der Waals surface area contributed by atoms with Gasteiger partial charge in [0.05, 0.1) is 19.6 Å². The number of hydrogen-bond acceptors (Lipinski definition) is 3. The molecule has 11 heteroatoms. The van der Waals surface area contributed by atoms with Crippen LogP contribution in [0.15, 0.2) is 0 Å². The second-order valence-corrected chi connectivity index (χ2v) is 9.69. The molecule has 188 valence electrons. The maximum atomic E-state index is 10.7. The number of rotatable bonds is 0. The number of alkyl halides is 3. The summed E-state index contributed by atoms with van der Waals surface area (Å²) < 4.78 is 63.0. The van der Waals surface area contributed by atoms with Gasteiger partial charge in [0.1, 0.15) is 0 Å². The molecule has 1 aromatic heterocycles. The molecule has 0 aliphatic carbocycles. The summed E-state index contributed by atoms with van der Waals surface area (Å²) in [7, 11) is -2.07. The summed E-state index contributed by atoms with van der Waals surface area (Å²) in [5, 5.41) is 0.779. The molecule has 0 fully saturated rings. The zero-order valence-corrected chi connectivity index (χ0v) is 23.7. The maximum Gasteiger partial charge on any atom is 2.00 e. The Balaban J connectivity index is 0.000000481. The second kappa shape index (κ2) is 11.0. The van der Waals surface area contributed by atoms with Crippen molar-refractivity contribution in [2.45, 2.75) is 60.9 Å². The van der Waals surface area contributed by atoms with Crippen molar-refractivity contribution >= 4 is 32.8 Å². The van der Waals surface area contributed by atoms with Crippen molar-refractivity contribution in [3.63, 3.8) is 0 Å². The van der Waals surface area contributed by atoms with Crippen LogP contribution in [0.5, 0.6) is 0 Å². The number of fused-ring (bicyclic) bond motifs is 1. The van der Waals surface area contributed by atoms with E-state index in [4.69, 9.17) is 24.6 Å². The van der Waals surface area contributed by atoms with Crippen LogP contribution in [0, 0.1) is 55.4 Å². The number of nitrogens with zero attached hydrogens (tertiary/aromatic N) is 2. The molecule has 5 nitrogen and oxygen atoms in total. The van der Waals surface area contributed by atoms with Crippen LogP contribution in [0.25, 0.3) is 11.0 Å². The summed E-state index contributed by atoms with van der Waals surface area (Å²) in [6, 6.07) is 0. The topological polar surface area (TPSA) is 66.0 Å². The first-order valence-electron chi connectivity index (χ1n) is 9.75. The summed E-state index contributed by atoms with van der Waals surface area (Å²) in [4.78, 5) is 0. The Morgan fingerprint density at radius 1 is 0.909 bits per heavy atom. The third-order valence-electron chi connectivity index (χ3n) is 6.38. The molecule has 0 saturated carbocycles. The third kappa shape index (κ3) is 6.27. The Morgan fingerprint density at radius 2 is 1.24 bits per heavy atom. The van der Waals surface area contributed by atoms with Crippen molar-refractivity contribution in [3.05, 3.63) is 49.8 Å². The van der Waals surface area contributed by atoms with Gasteiger partial charge in [-0.05, 0) is 0 Å². The quantitative estimate of drug-likeness (QED) is 0.117. The monoisotopic (exact) mass is 596 g/mol. The molecule has 0 bridgehead atoms. The van der Waals surface area contributed by atoms with Gasteiger partial charge in [0.15, 0.2) is 10.1 Å². The third-order valence-corrected chi connectivity index (χ3v) is 7.45. The summed E-state index contributed by atoms with van der Waals surface area (Å²) in [5.74, 6) is 0. The molecule has 0 N–H and O–H groups in total. The molecular formula is C22H30ClF3N2O3RuS. The standard InChI is InChI=1S/C11H15ClN2.C10H15.CHF3O3S.Ru/c1-6-7(2)9-10(8(6)3)14(5)11(12)13(9)4;1-6-7(2)9(4)10(5)8(6)3;2-1(3,4)8(5,6)7;/h1-5H3;1-5H3;(H,5,6,7);/q;-1;;+2/p-1. The van der Waals surface area contributed by atoms with Crippen LogP contribution in [-0.2, 0) is 43.7 Å². The molecular weight excluding hydrogens is 566 g/mol. The predicted molar refractivity (Wildman–Crippen MR) is 120 cm³/mol. The van der Waals surface area contributed by atoms with Gasteiger partial charge >= 0.3 is 30.3 Å². The Morgan fingerprint density at radius 3 is 1.48 bits per heavy atom. The first kappa shape index (κ1) is 31.8. The molecule has 0 atom stereocenters. The summed E-state index contributed by atoms with van der Waals surface area (Å²) >= 11 is 6.18. The first-order valence-corrected chi connectivity index (χ1v) is 11.5. The molecule has 3 aromatic rings. The van der Waals surface area contributed by atoms with Crippen LogP contribution in [0.2, 0.25) is 5.28 Å². The van der Waals surface area contributed by atoms with Gasteiger partial charge in [0, 0.05) is 17.1 Å². The zero-order chi connectivity index (χ0) is 25.5. The van der Waals surface area contributed by atoms with E-state index in [1.165, 1.54) is 55.5 Å². The molecule has 0 aliphatic heterocycles. The van der Waals surface area contributed by atoms with Gasteiger partial charge < -0.3 is 4.55 Å². The minimum atomic E-state index is -6.09. The Kier molecular flexibility index (Phi) is 10.6. The average molecular weight is 596 g/mol. The molecule has 3 rings (SSSR count). The molecule has 1 heterocycles. The van der Waals surface area contributed by atoms with Crippen LogP contribution in [0.3, 0.4) is 0 Å². The normalized spacial score (nSPS) is 11.5. The second-order valence-electron chi connectivity index (χ2n) is 7.98. The van der Waals surface area contributed by atoms with Gasteiger partial charge in [0.2, 0.25) is 0 Å². The van der Waals surface area contributed by atoms with Crippen molar-refractivity contribution in [3.8, 4) is 0 Å². The first-order chi connectivity index (χ1) is 14.3. The van der Waals surface area contributed by atoms with E-state index in [0.29, 0.717) is 0 Å². The van der Waals surface area contributed by atoms with E-state index in [1.54, 1.807) is 0 Å². The predicted octanol–water partition coefficient (Wildman–Crippen LogP) is 5.30. The van der Waals surface area contributed by atoms with Gasteiger partial charge in [-0.3, -0.25) is 4.57 Å². The molecule has 0 spiro atoms. The molecule has 33 heavy (non-hydrogen) atoms. The maximum absolute atomic E-state index is 10.7. The number of imidazole rings is 1. The fourth-order valence-electron chi connectivity index (χ4n) is 3.63. The Bertz CT molecular complexity index is 1090. The Labute approximate surface area is 211 Å². The number of aryl methyl sites for hydroxylation is 4. The summed E-state index contributed by atoms with van der Waals surface area (Å²) in [6.45, 7) is 17.5. The molecule has 0 amide bonds. The van der Waals surface area contributed by atoms with Crippen LogP contribution in [0.1, 0.15) is 44.5 Å². The smallest absolute Gasteiger partial charge is 0.741 e. The van der Waals surface area contributed by atoms with E-state index in [1.807, 2.05) is 23.2 Å². The average Bonchev–Trinajstić information content (AvgIpc) is 3.12. The fourth-order valence-corrected chi connectivity index (χ4v) is 3.80. The van der Waals surface area contributed by atoms with Gasteiger partial charge in [0.25, 0.3) is 0 Å². The van der Waals surface area contributed by atoms with E-state index in [-0.39, 0.29) is 19.5 Å².